The van der Waals surface area contributed by atoms with E-state index in [1.165, 1.54) is 0 Å². The molecular formula is C15H20N2O4. The fourth-order valence-electron chi connectivity index (χ4n) is 1.87. The molecule has 0 aromatic heterocycles. The summed E-state index contributed by atoms with van der Waals surface area (Å²) < 4.78 is 0. The predicted molar refractivity (Wildman–Crippen MR) is 79.1 cm³/mol. The molecule has 6 heteroatoms. The molecule has 0 aliphatic heterocycles. The number of nitrogens with one attached hydrogen (secondary N) is 2. The number of aliphatic carboxylic acids is 1. The van der Waals surface area contributed by atoms with Gasteiger partial charge in [0.05, 0.1) is 0 Å². The van der Waals surface area contributed by atoms with Gasteiger partial charge < -0.3 is 10.4 Å². The first-order valence-corrected chi connectivity index (χ1v) is 6.93. The summed E-state index contributed by atoms with van der Waals surface area (Å²) in [5, 5.41) is 13.3. The number of urea groups is 1. The van der Waals surface area contributed by atoms with Gasteiger partial charge in [-0.2, -0.15) is 0 Å². The first-order valence-electron chi connectivity index (χ1n) is 6.93. The maximum atomic E-state index is 11.7. The molecule has 0 radical (unpaired) electrons. The summed E-state index contributed by atoms with van der Waals surface area (Å²) in [6, 6.07) is 6.81. The topological polar surface area (TPSA) is 95.5 Å². The molecule has 1 aromatic rings. The Labute approximate surface area is 123 Å². The molecule has 3 N–H and O–H groups in total. The van der Waals surface area contributed by atoms with Gasteiger partial charge in [-0.1, -0.05) is 31.5 Å². The lowest BCUT2D eigenvalue weighted by Crippen LogP contribution is -2.34. The zero-order valence-corrected chi connectivity index (χ0v) is 12.0. The minimum Gasteiger partial charge on any atom is -0.481 e. The number of rotatable bonds is 7. The molecular weight excluding hydrogens is 272 g/mol. The molecule has 0 fully saturated rings. The van der Waals surface area contributed by atoms with Gasteiger partial charge >= 0.3 is 12.0 Å². The van der Waals surface area contributed by atoms with Crippen molar-refractivity contribution < 1.29 is 19.5 Å². The van der Waals surface area contributed by atoms with Gasteiger partial charge in [-0.15, -0.1) is 0 Å². The molecule has 0 aliphatic carbocycles. The highest BCUT2D eigenvalue weighted by Gasteiger charge is 2.10. The van der Waals surface area contributed by atoms with Crippen molar-refractivity contribution in [3.8, 4) is 0 Å². The smallest absolute Gasteiger partial charge is 0.325 e. The van der Waals surface area contributed by atoms with Crippen LogP contribution in [0.25, 0.3) is 0 Å². The minimum absolute atomic E-state index is 0.0102. The molecule has 3 amide bonds. The number of anilines is 1. The molecule has 0 spiro atoms. The van der Waals surface area contributed by atoms with Crippen molar-refractivity contribution in [2.75, 3.05) is 5.32 Å². The van der Waals surface area contributed by atoms with E-state index in [-0.39, 0.29) is 19.3 Å². The van der Waals surface area contributed by atoms with Crippen LogP contribution in [0.5, 0.6) is 0 Å². The van der Waals surface area contributed by atoms with Crippen LogP contribution in [-0.4, -0.2) is 23.0 Å². The largest absolute Gasteiger partial charge is 0.481 e. The monoisotopic (exact) mass is 292 g/mol. The third kappa shape index (κ3) is 6.56. The number of benzene rings is 1. The summed E-state index contributed by atoms with van der Waals surface area (Å²) in [7, 11) is 0. The third-order valence-electron chi connectivity index (χ3n) is 2.83. The van der Waals surface area contributed by atoms with Crippen LogP contribution in [0.2, 0.25) is 0 Å². The van der Waals surface area contributed by atoms with Crippen molar-refractivity contribution in [3.05, 3.63) is 29.8 Å². The lowest BCUT2D eigenvalue weighted by atomic mass is 10.1. The van der Waals surface area contributed by atoms with Gasteiger partial charge in [0, 0.05) is 18.5 Å². The van der Waals surface area contributed by atoms with Gasteiger partial charge in [-0.3, -0.25) is 14.9 Å². The summed E-state index contributed by atoms with van der Waals surface area (Å²) in [4.78, 5) is 33.5. The second kappa shape index (κ2) is 8.73. The number of carbonyl (C=O) groups is 3. The van der Waals surface area contributed by atoms with E-state index >= 15 is 0 Å². The second-order valence-electron chi connectivity index (χ2n) is 4.66. The Kier molecular flexibility index (Phi) is 6.94. The summed E-state index contributed by atoms with van der Waals surface area (Å²) in [5.74, 6) is -1.44. The molecule has 0 aliphatic rings. The number of carboxylic acid groups (broad SMARTS) is 1. The number of carboxylic acids is 1. The first-order chi connectivity index (χ1) is 10.0. The van der Waals surface area contributed by atoms with Gasteiger partial charge in [0.25, 0.3) is 0 Å². The standard InChI is InChI=1S/C15H20N2O4/c1-2-6-11-7-3-4-8-12(11)16-15(21)17-13(18)9-5-10-14(19)20/h3-4,7-8H,2,5-6,9-10H2,1H3,(H,19,20)(H2,16,17,18,21). The van der Waals surface area contributed by atoms with Crippen LogP contribution in [0.4, 0.5) is 10.5 Å². The van der Waals surface area contributed by atoms with Crippen molar-refractivity contribution in [2.45, 2.75) is 39.0 Å². The van der Waals surface area contributed by atoms with Crippen LogP contribution in [0.3, 0.4) is 0 Å². The van der Waals surface area contributed by atoms with E-state index in [0.29, 0.717) is 5.69 Å². The SMILES string of the molecule is CCCc1ccccc1NC(=O)NC(=O)CCCC(=O)O. The highest BCUT2D eigenvalue weighted by atomic mass is 16.4. The van der Waals surface area contributed by atoms with Crippen molar-refractivity contribution in [3.63, 3.8) is 0 Å². The predicted octanol–water partition coefficient (Wildman–Crippen LogP) is 2.54. The van der Waals surface area contributed by atoms with Crippen LogP contribution in [0, 0.1) is 0 Å². The number of carbonyl (C=O) groups excluding carboxylic acids is 2. The van der Waals surface area contributed by atoms with Gasteiger partial charge in [0.1, 0.15) is 0 Å². The fourth-order valence-corrected chi connectivity index (χ4v) is 1.87. The zero-order valence-electron chi connectivity index (χ0n) is 12.0. The minimum atomic E-state index is -0.958. The first kappa shape index (κ1) is 16.7. The molecule has 0 bridgehead atoms. The van der Waals surface area contributed by atoms with Gasteiger partial charge in [-0.25, -0.2) is 4.79 Å². The number of imide groups is 1. The average Bonchev–Trinajstić information content (AvgIpc) is 2.40. The molecule has 1 aromatic carbocycles. The van der Waals surface area contributed by atoms with Crippen LogP contribution in [0.15, 0.2) is 24.3 Å². The van der Waals surface area contributed by atoms with Crippen LogP contribution in [-0.2, 0) is 16.0 Å². The maximum Gasteiger partial charge on any atom is 0.325 e. The Balaban J connectivity index is 2.46. The molecule has 0 unspecified atom stereocenters. The molecule has 1 rings (SSSR count). The fraction of sp³-hybridized carbons (Fsp3) is 0.400. The second-order valence-corrected chi connectivity index (χ2v) is 4.66. The van der Waals surface area contributed by atoms with Crippen molar-refractivity contribution in [1.82, 2.24) is 5.32 Å². The van der Waals surface area contributed by atoms with Crippen LogP contribution < -0.4 is 10.6 Å². The third-order valence-corrected chi connectivity index (χ3v) is 2.83. The Morgan fingerprint density at radius 2 is 1.86 bits per heavy atom. The summed E-state index contributed by atoms with van der Waals surface area (Å²) >= 11 is 0. The van der Waals surface area contributed by atoms with Crippen LogP contribution >= 0.6 is 0 Å². The van der Waals surface area contributed by atoms with Gasteiger partial charge in [-0.05, 0) is 24.5 Å². The maximum absolute atomic E-state index is 11.7. The van der Waals surface area contributed by atoms with Crippen molar-refractivity contribution in [2.24, 2.45) is 0 Å². The number of hydrogen-bond donors (Lipinski definition) is 3. The molecule has 0 saturated carbocycles. The Morgan fingerprint density at radius 3 is 2.52 bits per heavy atom. The molecule has 0 atom stereocenters. The van der Waals surface area contributed by atoms with E-state index < -0.39 is 17.9 Å². The number of para-hydroxylation sites is 1. The Bertz CT molecular complexity index is 514. The van der Waals surface area contributed by atoms with Crippen molar-refractivity contribution in [1.29, 1.82) is 0 Å². The number of aryl methyl sites for hydroxylation is 1. The van der Waals surface area contributed by atoms with Crippen molar-refractivity contribution >= 4 is 23.6 Å². The summed E-state index contributed by atoms with van der Waals surface area (Å²) in [5.41, 5.74) is 1.68. The van der Waals surface area contributed by atoms with Crippen LogP contribution in [0.1, 0.15) is 38.2 Å². The molecule has 114 valence electrons. The number of amides is 3. The van der Waals surface area contributed by atoms with E-state index in [1.54, 1.807) is 6.07 Å². The van der Waals surface area contributed by atoms with E-state index in [1.807, 2.05) is 25.1 Å². The average molecular weight is 292 g/mol. The highest BCUT2D eigenvalue weighted by Crippen LogP contribution is 2.16. The van der Waals surface area contributed by atoms with Gasteiger partial charge in [0.2, 0.25) is 5.91 Å². The summed E-state index contributed by atoms with van der Waals surface area (Å²) in [6.07, 6.45) is 1.92. The van der Waals surface area contributed by atoms with E-state index in [2.05, 4.69) is 10.6 Å². The quantitative estimate of drug-likeness (QED) is 0.719. The molecule has 21 heavy (non-hydrogen) atoms. The summed E-state index contributed by atoms with van der Waals surface area (Å²) in [6.45, 7) is 2.04. The Hall–Kier alpha value is -2.37. The lowest BCUT2D eigenvalue weighted by Gasteiger charge is -2.10. The normalized spacial score (nSPS) is 9.95. The highest BCUT2D eigenvalue weighted by molar-refractivity contribution is 6.01. The molecule has 0 saturated heterocycles. The zero-order chi connectivity index (χ0) is 15.7. The Morgan fingerprint density at radius 1 is 1.14 bits per heavy atom. The van der Waals surface area contributed by atoms with E-state index in [9.17, 15) is 14.4 Å². The van der Waals surface area contributed by atoms with E-state index in [4.69, 9.17) is 5.11 Å². The molecule has 0 heterocycles. The molecule has 6 nitrogen and oxygen atoms in total. The number of hydrogen-bond acceptors (Lipinski definition) is 3. The van der Waals surface area contributed by atoms with Gasteiger partial charge in [0.15, 0.2) is 0 Å². The lowest BCUT2D eigenvalue weighted by molar-refractivity contribution is -0.137. The van der Waals surface area contributed by atoms with E-state index in [0.717, 1.165) is 18.4 Å².